The Morgan fingerprint density at radius 3 is 2.12 bits per heavy atom. The standard InChI is InChI=1S/C21H29N3O/c1-15-7-8-18(13-16(15)2)21(25)22-14-20(24(5)6)17-9-11-19(12-10-17)23(3)4/h7-13,20H,14H2,1-6H3,(H,22,25). The molecule has 0 aliphatic rings. The summed E-state index contributed by atoms with van der Waals surface area (Å²) in [7, 11) is 8.13. The molecule has 4 heteroatoms. The Hall–Kier alpha value is -2.33. The lowest BCUT2D eigenvalue weighted by Crippen LogP contribution is -2.34. The van der Waals surface area contributed by atoms with Gasteiger partial charge in [0.15, 0.2) is 0 Å². The Kier molecular flexibility index (Phi) is 6.21. The molecule has 2 rings (SSSR count). The van der Waals surface area contributed by atoms with Crippen LogP contribution in [-0.4, -0.2) is 45.5 Å². The van der Waals surface area contributed by atoms with E-state index < -0.39 is 0 Å². The smallest absolute Gasteiger partial charge is 0.251 e. The van der Waals surface area contributed by atoms with Crippen molar-refractivity contribution in [3.05, 3.63) is 64.7 Å². The molecular weight excluding hydrogens is 310 g/mol. The van der Waals surface area contributed by atoms with Gasteiger partial charge in [0.1, 0.15) is 0 Å². The summed E-state index contributed by atoms with van der Waals surface area (Å²) in [5, 5.41) is 3.07. The third-order valence-corrected chi connectivity index (χ3v) is 4.64. The lowest BCUT2D eigenvalue weighted by Gasteiger charge is -2.26. The van der Waals surface area contributed by atoms with Gasteiger partial charge in [-0.05, 0) is 68.9 Å². The molecule has 25 heavy (non-hydrogen) atoms. The van der Waals surface area contributed by atoms with Gasteiger partial charge >= 0.3 is 0 Å². The third kappa shape index (κ3) is 4.83. The van der Waals surface area contributed by atoms with E-state index in [2.05, 4.69) is 46.3 Å². The number of hydrogen-bond acceptors (Lipinski definition) is 3. The van der Waals surface area contributed by atoms with E-state index in [9.17, 15) is 4.79 Å². The van der Waals surface area contributed by atoms with Gasteiger partial charge in [-0.2, -0.15) is 0 Å². The number of carbonyl (C=O) groups excluding carboxylic acids is 1. The Morgan fingerprint density at radius 2 is 1.60 bits per heavy atom. The number of hydrogen-bond donors (Lipinski definition) is 1. The summed E-state index contributed by atoms with van der Waals surface area (Å²) in [6.07, 6.45) is 0. The van der Waals surface area contributed by atoms with Crippen LogP contribution in [0.4, 0.5) is 5.69 Å². The number of likely N-dealkylation sites (N-methyl/N-ethyl adjacent to an activating group) is 1. The predicted octanol–water partition coefficient (Wildman–Crippen LogP) is 3.40. The second-order valence-corrected chi connectivity index (χ2v) is 6.97. The van der Waals surface area contributed by atoms with Crippen molar-refractivity contribution >= 4 is 11.6 Å². The maximum atomic E-state index is 12.5. The molecule has 1 atom stereocenters. The number of aryl methyl sites for hydroxylation is 2. The van der Waals surface area contributed by atoms with Gasteiger partial charge in [-0.3, -0.25) is 4.79 Å². The van der Waals surface area contributed by atoms with Crippen molar-refractivity contribution in [2.24, 2.45) is 0 Å². The first-order valence-corrected chi connectivity index (χ1v) is 8.58. The fourth-order valence-electron chi connectivity index (χ4n) is 2.77. The number of anilines is 1. The zero-order valence-electron chi connectivity index (χ0n) is 16.1. The van der Waals surface area contributed by atoms with Crippen molar-refractivity contribution in [1.82, 2.24) is 10.2 Å². The minimum atomic E-state index is -0.0279. The molecule has 0 aromatic heterocycles. The summed E-state index contributed by atoms with van der Waals surface area (Å²) in [5.41, 5.74) is 5.40. The van der Waals surface area contributed by atoms with Crippen molar-refractivity contribution in [1.29, 1.82) is 0 Å². The van der Waals surface area contributed by atoms with E-state index in [4.69, 9.17) is 0 Å². The quantitative estimate of drug-likeness (QED) is 0.876. The first kappa shape index (κ1) is 19.0. The molecule has 0 aliphatic carbocycles. The highest BCUT2D eigenvalue weighted by Gasteiger charge is 2.16. The minimum Gasteiger partial charge on any atom is -0.378 e. The van der Waals surface area contributed by atoms with Crippen LogP contribution in [-0.2, 0) is 0 Å². The Morgan fingerprint density at radius 1 is 0.960 bits per heavy atom. The lowest BCUT2D eigenvalue weighted by molar-refractivity contribution is 0.0942. The van der Waals surface area contributed by atoms with Crippen LogP contribution in [0.1, 0.15) is 33.1 Å². The number of carbonyl (C=O) groups is 1. The molecule has 0 bridgehead atoms. The van der Waals surface area contributed by atoms with Gasteiger partial charge in [-0.25, -0.2) is 0 Å². The molecule has 0 saturated carbocycles. The van der Waals surface area contributed by atoms with Gasteiger partial charge in [0, 0.05) is 31.9 Å². The second kappa shape index (κ2) is 8.17. The maximum absolute atomic E-state index is 12.5. The fourth-order valence-corrected chi connectivity index (χ4v) is 2.77. The average molecular weight is 339 g/mol. The largest absolute Gasteiger partial charge is 0.378 e. The minimum absolute atomic E-state index is 0.0279. The van der Waals surface area contributed by atoms with E-state index in [0.717, 1.165) is 5.56 Å². The van der Waals surface area contributed by atoms with Crippen LogP contribution < -0.4 is 10.2 Å². The maximum Gasteiger partial charge on any atom is 0.251 e. The fraction of sp³-hybridized carbons (Fsp3) is 0.381. The van der Waals surface area contributed by atoms with Crippen molar-refractivity contribution in [2.45, 2.75) is 19.9 Å². The van der Waals surface area contributed by atoms with E-state index in [1.807, 2.05) is 53.3 Å². The molecule has 1 unspecified atom stereocenters. The molecule has 0 spiro atoms. The normalized spacial score (nSPS) is 12.1. The van der Waals surface area contributed by atoms with Crippen molar-refractivity contribution in [3.63, 3.8) is 0 Å². The molecule has 2 aromatic rings. The second-order valence-electron chi connectivity index (χ2n) is 6.97. The molecule has 2 aromatic carbocycles. The van der Waals surface area contributed by atoms with E-state index in [0.29, 0.717) is 12.1 Å². The molecule has 0 saturated heterocycles. The summed E-state index contributed by atoms with van der Waals surface area (Å²) in [5.74, 6) is -0.0279. The van der Waals surface area contributed by atoms with Crippen LogP contribution >= 0.6 is 0 Å². The molecule has 1 amide bonds. The van der Waals surface area contributed by atoms with Crippen LogP contribution in [0.25, 0.3) is 0 Å². The highest BCUT2D eigenvalue weighted by molar-refractivity contribution is 5.94. The Labute approximate surface area is 151 Å². The summed E-state index contributed by atoms with van der Waals surface area (Å²) in [4.78, 5) is 16.7. The first-order chi connectivity index (χ1) is 11.8. The summed E-state index contributed by atoms with van der Waals surface area (Å²) < 4.78 is 0. The van der Waals surface area contributed by atoms with Gasteiger partial charge in [0.2, 0.25) is 0 Å². The summed E-state index contributed by atoms with van der Waals surface area (Å²) >= 11 is 0. The SMILES string of the molecule is Cc1ccc(C(=O)NCC(c2ccc(N(C)C)cc2)N(C)C)cc1C. The van der Waals surface area contributed by atoms with Crippen LogP contribution in [0.2, 0.25) is 0 Å². The Bertz CT molecular complexity index is 720. The van der Waals surface area contributed by atoms with Gasteiger partial charge in [-0.1, -0.05) is 18.2 Å². The number of benzene rings is 2. The van der Waals surface area contributed by atoms with E-state index in [1.54, 1.807) is 0 Å². The molecule has 0 heterocycles. The average Bonchev–Trinajstić information content (AvgIpc) is 2.57. The van der Waals surface area contributed by atoms with Gasteiger partial charge in [0.25, 0.3) is 5.91 Å². The van der Waals surface area contributed by atoms with Gasteiger partial charge in [0.05, 0.1) is 6.04 Å². The predicted molar refractivity (Wildman–Crippen MR) is 105 cm³/mol. The number of rotatable bonds is 6. The molecule has 0 aliphatic heterocycles. The van der Waals surface area contributed by atoms with E-state index >= 15 is 0 Å². The van der Waals surface area contributed by atoms with Crippen molar-refractivity contribution in [3.8, 4) is 0 Å². The number of nitrogens with one attached hydrogen (secondary N) is 1. The van der Waals surface area contributed by atoms with E-state index in [1.165, 1.54) is 16.8 Å². The Balaban J connectivity index is 2.08. The number of amides is 1. The molecule has 0 radical (unpaired) electrons. The topological polar surface area (TPSA) is 35.6 Å². The molecular formula is C21H29N3O. The van der Waals surface area contributed by atoms with Crippen LogP contribution in [0.3, 0.4) is 0 Å². The summed E-state index contributed by atoms with van der Waals surface area (Å²) in [6.45, 7) is 4.65. The van der Waals surface area contributed by atoms with Crippen LogP contribution in [0.15, 0.2) is 42.5 Å². The zero-order chi connectivity index (χ0) is 18.6. The van der Waals surface area contributed by atoms with Crippen molar-refractivity contribution in [2.75, 3.05) is 39.6 Å². The third-order valence-electron chi connectivity index (χ3n) is 4.64. The van der Waals surface area contributed by atoms with E-state index in [-0.39, 0.29) is 11.9 Å². The highest BCUT2D eigenvalue weighted by Crippen LogP contribution is 2.21. The first-order valence-electron chi connectivity index (χ1n) is 8.58. The van der Waals surface area contributed by atoms with Crippen molar-refractivity contribution < 1.29 is 4.79 Å². The number of nitrogens with zero attached hydrogens (tertiary/aromatic N) is 2. The van der Waals surface area contributed by atoms with Gasteiger partial charge in [-0.15, -0.1) is 0 Å². The van der Waals surface area contributed by atoms with Crippen LogP contribution in [0, 0.1) is 13.8 Å². The van der Waals surface area contributed by atoms with Crippen LogP contribution in [0.5, 0.6) is 0 Å². The highest BCUT2D eigenvalue weighted by atomic mass is 16.1. The molecule has 4 nitrogen and oxygen atoms in total. The zero-order valence-corrected chi connectivity index (χ0v) is 16.1. The molecule has 134 valence electrons. The molecule has 0 fully saturated rings. The molecule has 1 N–H and O–H groups in total. The summed E-state index contributed by atoms with van der Waals surface area (Å²) in [6, 6.07) is 14.4. The lowest BCUT2D eigenvalue weighted by atomic mass is 10.0. The van der Waals surface area contributed by atoms with Gasteiger partial charge < -0.3 is 15.1 Å². The monoisotopic (exact) mass is 339 g/mol.